The molecule has 4 heteroatoms. The maximum atomic E-state index is 11.8. The summed E-state index contributed by atoms with van der Waals surface area (Å²) in [5, 5.41) is 1.65. The predicted molar refractivity (Wildman–Crippen MR) is 61.4 cm³/mol. The van der Waals surface area contributed by atoms with Gasteiger partial charge in [-0.25, -0.2) is 4.79 Å². The predicted octanol–water partition coefficient (Wildman–Crippen LogP) is 2.82. The molecule has 0 fully saturated rings. The molecule has 1 heterocycles. The second-order valence-electron chi connectivity index (χ2n) is 3.57. The lowest BCUT2D eigenvalue weighted by Gasteiger charge is -2.11. The van der Waals surface area contributed by atoms with Crippen molar-refractivity contribution in [3.8, 4) is 0 Å². The zero-order valence-electron chi connectivity index (χ0n) is 8.57. The highest BCUT2D eigenvalue weighted by atomic mass is 35.5. The van der Waals surface area contributed by atoms with Crippen molar-refractivity contribution >= 4 is 28.5 Å². The van der Waals surface area contributed by atoms with Crippen molar-refractivity contribution in [3.63, 3.8) is 0 Å². The van der Waals surface area contributed by atoms with Gasteiger partial charge in [0.25, 0.3) is 0 Å². The first kappa shape index (κ1) is 10.1. The van der Waals surface area contributed by atoms with Crippen molar-refractivity contribution in [1.82, 2.24) is 9.47 Å². The monoisotopic (exact) mass is 222 g/mol. The van der Waals surface area contributed by atoms with Crippen LogP contribution in [0.15, 0.2) is 30.5 Å². The van der Waals surface area contributed by atoms with Crippen LogP contribution in [0, 0.1) is 0 Å². The van der Waals surface area contributed by atoms with E-state index in [1.165, 1.54) is 4.90 Å². The first-order chi connectivity index (χ1) is 7.09. The normalized spacial score (nSPS) is 10.6. The minimum Gasteiger partial charge on any atom is -0.330 e. The smallest absolute Gasteiger partial charge is 0.328 e. The molecule has 0 aliphatic heterocycles. The number of rotatable bonds is 0. The number of amides is 1. The van der Waals surface area contributed by atoms with Gasteiger partial charge in [-0.05, 0) is 24.3 Å². The van der Waals surface area contributed by atoms with Crippen LogP contribution in [0.25, 0.3) is 10.9 Å². The molecule has 0 atom stereocenters. The fraction of sp³-hybridized carbons (Fsp3) is 0.182. The third-order valence-electron chi connectivity index (χ3n) is 2.24. The highest BCUT2D eigenvalue weighted by molar-refractivity contribution is 6.31. The molecule has 0 unspecified atom stereocenters. The third kappa shape index (κ3) is 1.70. The summed E-state index contributed by atoms with van der Waals surface area (Å²) in [7, 11) is 3.45. The Morgan fingerprint density at radius 3 is 2.73 bits per heavy atom. The number of hydrogen-bond donors (Lipinski definition) is 0. The molecule has 3 nitrogen and oxygen atoms in total. The van der Waals surface area contributed by atoms with Gasteiger partial charge in [-0.2, -0.15) is 0 Å². The Balaban J connectivity index is 2.59. The average Bonchev–Trinajstić information content (AvgIpc) is 2.59. The van der Waals surface area contributed by atoms with Crippen LogP contribution >= 0.6 is 11.6 Å². The Morgan fingerprint density at radius 1 is 1.33 bits per heavy atom. The molecule has 0 saturated heterocycles. The topological polar surface area (TPSA) is 25.2 Å². The molecule has 0 saturated carbocycles. The van der Waals surface area contributed by atoms with Crippen LogP contribution < -0.4 is 0 Å². The van der Waals surface area contributed by atoms with Gasteiger partial charge in [-0.1, -0.05) is 11.6 Å². The van der Waals surface area contributed by atoms with Gasteiger partial charge in [-0.15, -0.1) is 0 Å². The van der Waals surface area contributed by atoms with Gasteiger partial charge in [0.05, 0.1) is 5.52 Å². The molecular weight excluding hydrogens is 212 g/mol. The molecule has 0 N–H and O–H groups in total. The van der Waals surface area contributed by atoms with Crippen LogP contribution in [0.2, 0.25) is 5.02 Å². The van der Waals surface area contributed by atoms with E-state index in [1.807, 2.05) is 18.2 Å². The van der Waals surface area contributed by atoms with Crippen LogP contribution in [0.1, 0.15) is 0 Å². The van der Waals surface area contributed by atoms with Gasteiger partial charge in [0.1, 0.15) is 0 Å². The third-order valence-corrected chi connectivity index (χ3v) is 2.48. The summed E-state index contributed by atoms with van der Waals surface area (Å²) in [4.78, 5) is 13.3. The quantitative estimate of drug-likeness (QED) is 0.673. The van der Waals surface area contributed by atoms with Gasteiger partial charge >= 0.3 is 6.03 Å². The van der Waals surface area contributed by atoms with Crippen molar-refractivity contribution in [2.45, 2.75) is 0 Å². The number of benzene rings is 1. The van der Waals surface area contributed by atoms with Crippen LogP contribution in [0.5, 0.6) is 0 Å². The highest BCUT2D eigenvalue weighted by Crippen LogP contribution is 2.20. The van der Waals surface area contributed by atoms with Gasteiger partial charge in [-0.3, -0.25) is 4.57 Å². The maximum absolute atomic E-state index is 11.8. The minimum atomic E-state index is -0.0627. The Hall–Kier alpha value is -1.48. The highest BCUT2D eigenvalue weighted by Gasteiger charge is 2.10. The minimum absolute atomic E-state index is 0.0627. The number of nitrogens with zero attached hydrogens (tertiary/aromatic N) is 2. The zero-order valence-corrected chi connectivity index (χ0v) is 9.32. The standard InChI is InChI=1S/C11H11ClN2O/c1-13(2)11(15)14-6-5-8-7-9(12)3-4-10(8)14/h3-7H,1-2H3. The number of fused-ring (bicyclic) bond motifs is 1. The summed E-state index contributed by atoms with van der Waals surface area (Å²) in [5.74, 6) is 0. The summed E-state index contributed by atoms with van der Waals surface area (Å²) in [5.41, 5.74) is 0.873. The first-order valence-corrected chi connectivity index (χ1v) is 4.95. The van der Waals surface area contributed by atoms with E-state index >= 15 is 0 Å². The fourth-order valence-electron chi connectivity index (χ4n) is 1.50. The summed E-state index contributed by atoms with van der Waals surface area (Å²) >= 11 is 5.87. The van der Waals surface area contributed by atoms with Gasteiger partial charge < -0.3 is 4.90 Å². The van der Waals surface area contributed by atoms with Crippen LogP contribution in [-0.2, 0) is 0 Å². The molecule has 1 aromatic heterocycles. The van der Waals surface area contributed by atoms with E-state index in [0.29, 0.717) is 5.02 Å². The summed E-state index contributed by atoms with van der Waals surface area (Å²) in [6.07, 6.45) is 1.75. The molecule has 0 bridgehead atoms. The largest absolute Gasteiger partial charge is 0.330 e. The molecule has 2 rings (SSSR count). The van der Waals surface area contributed by atoms with E-state index in [1.54, 1.807) is 30.9 Å². The molecule has 15 heavy (non-hydrogen) atoms. The molecule has 1 amide bonds. The molecule has 78 valence electrons. The van der Waals surface area contributed by atoms with Gasteiger partial charge in [0.2, 0.25) is 0 Å². The van der Waals surface area contributed by atoms with Crippen LogP contribution in [-0.4, -0.2) is 29.6 Å². The first-order valence-electron chi connectivity index (χ1n) is 4.58. The number of carbonyl (C=O) groups is 1. The maximum Gasteiger partial charge on any atom is 0.328 e. The molecule has 2 aromatic rings. The summed E-state index contributed by atoms with van der Waals surface area (Å²) in [6, 6.07) is 7.29. The van der Waals surface area contributed by atoms with Crippen molar-refractivity contribution in [2.75, 3.05) is 14.1 Å². The molecular formula is C11H11ClN2O. The van der Waals surface area contributed by atoms with Crippen LogP contribution in [0.4, 0.5) is 4.79 Å². The Bertz CT molecular complexity index is 516. The van der Waals surface area contributed by atoms with E-state index in [4.69, 9.17) is 11.6 Å². The number of hydrogen-bond acceptors (Lipinski definition) is 1. The fourth-order valence-corrected chi connectivity index (χ4v) is 1.68. The van der Waals surface area contributed by atoms with Crippen molar-refractivity contribution in [2.24, 2.45) is 0 Å². The molecule has 0 spiro atoms. The second kappa shape index (κ2) is 3.59. The number of halogens is 1. The van der Waals surface area contributed by atoms with E-state index in [-0.39, 0.29) is 6.03 Å². The summed E-state index contributed by atoms with van der Waals surface area (Å²) in [6.45, 7) is 0. The Kier molecular flexibility index (Phi) is 2.40. The van der Waals surface area contributed by atoms with Gasteiger partial charge in [0, 0.05) is 30.7 Å². The molecule has 0 aliphatic carbocycles. The second-order valence-corrected chi connectivity index (χ2v) is 4.00. The number of aromatic nitrogens is 1. The SMILES string of the molecule is CN(C)C(=O)n1ccc2cc(Cl)ccc21. The van der Waals surface area contributed by atoms with E-state index in [2.05, 4.69) is 0 Å². The van der Waals surface area contributed by atoms with Crippen molar-refractivity contribution in [1.29, 1.82) is 0 Å². The Labute approximate surface area is 92.9 Å². The molecule has 0 aliphatic rings. The molecule has 0 radical (unpaired) electrons. The Morgan fingerprint density at radius 2 is 2.07 bits per heavy atom. The summed E-state index contributed by atoms with van der Waals surface area (Å²) < 4.78 is 1.60. The average molecular weight is 223 g/mol. The lowest BCUT2D eigenvalue weighted by Crippen LogP contribution is -2.26. The van der Waals surface area contributed by atoms with E-state index in [9.17, 15) is 4.79 Å². The van der Waals surface area contributed by atoms with E-state index in [0.717, 1.165) is 10.9 Å². The van der Waals surface area contributed by atoms with Crippen molar-refractivity contribution < 1.29 is 4.79 Å². The van der Waals surface area contributed by atoms with Gasteiger partial charge in [0.15, 0.2) is 0 Å². The molecule has 1 aromatic carbocycles. The number of carbonyl (C=O) groups excluding carboxylic acids is 1. The lowest BCUT2D eigenvalue weighted by atomic mass is 10.2. The van der Waals surface area contributed by atoms with Crippen molar-refractivity contribution in [3.05, 3.63) is 35.5 Å². The van der Waals surface area contributed by atoms with Crippen LogP contribution in [0.3, 0.4) is 0 Å². The zero-order chi connectivity index (χ0) is 11.0. The lowest BCUT2D eigenvalue weighted by molar-refractivity contribution is 0.220. The van der Waals surface area contributed by atoms with E-state index < -0.39 is 0 Å².